The second-order valence-corrected chi connectivity index (χ2v) is 5.98. The van der Waals surface area contributed by atoms with Gasteiger partial charge in [0.1, 0.15) is 0 Å². The van der Waals surface area contributed by atoms with Crippen molar-refractivity contribution in [3.05, 3.63) is 47.5 Å². The summed E-state index contributed by atoms with van der Waals surface area (Å²) in [5.74, 6) is 0. The Morgan fingerprint density at radius 1 is 1.06 bits per heavy atom. The molecule has 0 aliphatic carbocycles. The Kier molecular flexibility index (Phi) is 4.16. The van der Waals surface area contributed by atoms with E-state index in [4.69, 9.17) is 0 Å². The molecular weight excluding hydrogens is 208 g/mol. The Labute approximate surface area is 105 Å². The molecule has 0 spiro atoms. The van der Waals surface area contributed by atoms with E-state index in [2.05, 4.69) is 45.0 Å². The first-order valence-electron chi connectivity index (χ1n) is 6.20. The lowest BCUT2D eigenvalue weighted by atomic mass is 9.86. The summed E-state index contributed by atoms with van der Waals surface area (Å²) in [7, 11) is 0. The average molecular weight is 232 g/mol. The van der Waals surface area contributed by atoms with Gasteiger partial charge >= 0.3 is 0 Å². The summed E-state index contributed by atoms with van der Waals surface area (Å²) in [6.45, 7) is 10.4. The van der Waals surface area contributed by atoms with Crippen molar-refractivity contribution in [1.29, 1.82) is 0 Å². The topological polar surface area (TPSA) is 20.2 Å². The molecule has 1 heteroatoms. The molecule has 17 heavy (non-hydrogen) atoms. The molecule has 0 aliphatic heterocycles. The van der Waals surface area contributed by atoms with Gasteiger partial charge < -0.3 is 5.11 Å². The fourth-order valence-corrected chi connectivity index (χ4v) is 1.95. The molecule has 0 bridgehead atoms. The molecule has 1 rings (SSSR count). The quantitative estimate of drug-likeness (QED) is 0.785. The van der Waals surface area contributed by atoms with E-state index >= 15 is 0 Å². The van der Waals surface area contributed by atoms with E-state index in [1.54, 1.807) is 0 Å². The number of hydrogen-bond donors (Lipinski definition) is 1. The Hall–Kier alpha value is -1.08. The van der Waals surface area contributed by atoms with Gasteiger partial charge in [0.15, 0.2) is 0 Å². The van der Waals surface area contributed by atoms with Crippen LogP contribution in [0.3, 0.4) is 0 Å². The Bertz CT molecular complexity index is 377. The number of rotatable bonds is 3. The van der Waals surface area contributed by atoms with Crippen LogP contribution >= 0.6 is 0 Å². The third-order valence-electron chi connectivity index (χ3n) is 2.91. The highest BCUT2D eigenvalue weighted by molar-refractivity contribution is 5.28. The molecule has 1 unspecified atom stereocenters. The summed E-state index contributed by atoms with van der Waals surface area (Å²) in [5.41, 5.74) is 1.93. The summed E-state index contributed by atoms with van der Waals surface area (Å²) in [5, 5.41) is 10.1. The highest BCUT2D eigenvalue weighted by Crippen LogP contribution is 2.23. The minimum absolute atomic E-state index is 0.185. The lowest BCUT2D eigenvalue weighted by Gasteiger charge is -2.21. The summed E-state index contributed by atoms with van der Waals surface area (Å²) >= 11 is 0. The lowest BCUT2D eigenvalue weighted by molar-refractivity contribution is 0.112. The number of aliphatic hydroxyl groups is 1. The second-order valence-electron chi connectivity index (χ2n) is 5.98. The standard InChI is InChI=1S/C16H24O/c1-6-11-16(5,17)12-13-7-9-14(10-8-13)15(2,3)4/h6-11,17H,12H2,1-5H3/b11-6+. The SMILES string of the molecule is C/C=C/C(C)(O)Cc1ccc(C(C)(C)C)cc1. The van der Waals surface area contributed by atoms with E-state index in [1.807, 2.05) is 26.0 Å². The van der Waals surface area contributed by atoms with Crippen LogP contribution in [0.15, 0.2) is 36.4 Å². The van der Waals surface area contributed by atoms with Crippen LogP contribution in [0.1, 0.15) is 45.7 Å². The van der Waals surface area contributed by atoms with Crippen molar-refractivity contribution in [1.82, 2.24) is 0 Å². The van der Waals surface area contributed by atoms with Crippen molar-refractivity contribution in [2.24, 2.45) is 0 Å². The molecule has 1 aromatic rings. The van der Waals surface area contributed by atoms with Crippen LogP contribution in [0.5, 0.6) is 0 Å². The van der Waals surface area contributed by atoms with Crippen molar-refractivity contribution in [2.75, 3.05) is 0 Å². The number of allylic oxidation sites excluding steroid dienone is 1. The lowest BCUT2D eigenvalue weighted by Crippen LogP contribution is -2.24. The predicted octanol–water partition coefficient (Wildman–Crippen LogP) is 3.85. The number of benzene rings is 1. The van der Waals surface area contributed by atoms with Crippen LogP contribution in [0.25, 0.3) is 0 Å². The van der Waals surface area contributed by atoms with Crippen molar-refractivity contribution in [2.45, 2.75) is 52.1 Å². The third-order valence-corrected chi connectivity index (χ3v) is 2.91. The molecule has 1 atom stereocenters. The Balaban J connectivity index is 2.82. The summed E-state index contributed by atoms with van der Waals surface area (Å²) < 4.78 is 0. The molecule has 0 amide bonds. The van der Waals surface area contributed by atoms with Gasteiger partial charge in [0.25, 0.3) is 0 Å². The fraction of sp³-hybridized carbons (Fsp3) is 0.500. The maximum Gasteiger partial charge on any atom is 0.0839 e. The summed E-state index contributed by atoms with van der Waals surface area (Å²) in [6, 6.07) is 8.53. The molecule has 0 fully saturated rings. The van der Waals surface area contributed by atoms with E-state index in [0.29, 0.717) is 6.42 Å². The molecule has 0 aromatic heterocycles. The van der Waals surface area contributed by atoms with E-state index in [1.165, 1.54) is 11.1 Å². The van der Waals surface area contributed by atoms with E-state index in [-0.39, 0.29) is 5.41 Å². The Morgan fingerprint density at radius 3 is 2.00 bits per heavy atom. The third kappa shape index (κ3) is 4.35. The highest BCUT2D eigenvalue weighted by atomic mass is 16.3. The summed E-state index contributed by atoms with van der Waals surface area (Å²) in [4.78, 5) is 0. The molecule has 1 aromatic carbocycles. The average Bonchev–Trinajstić information content (AvgIpc) is 2.16. The maximum absolute atomic E-state index is 10.1. The minimum Gasteiger partial charge on any atom is -0.386 e. The zero-order valence-electron chi connectivity index (χ0n) is 11.6. The molecule has 0 aliphatic rings. The second kappa shape index (κ2) is 5.05. The van der Waals surface area contributed by atoms with Crippen LogP contribution in [0.4, 0.5) is 0 Å². The predicted molar refractivity (Wildman–Crippen MR) is 74.3 cm³/mol. The molecule has 94 valence electrons. The van der Waals surface area contributed by atoms with Crippen LogP contribution in [0, 0.1) is 0 Å². The first kappa shape index (κ1) is 14.0. The van der Waals surface area contributed by atoms with Gasteiger partial charge in [-0.2, -0.15) is 0 Å². The van der Waals surface area contributed by atoms with Crippen molar-refractivity contribution < 1.29 is 5.11 Å². The van der Waals surface area contributed by atoms with E-state index < -0.39 is 5.60 Å². The largest absolute Gasteiger partial charge is 0.386 e. The molecule has 1 N–H and O–H groups in total. The smallest absolute Gasteiger partial charge is 0.0839 e. The van der Waals surface area contributed by atoms with Gasteiger partial charge in [-0.25, -0.2) is 0 Å². The van der Waals surface area contributed by atoms with Crippen LogP contribution < -0.4 is 0 Å². The van der Waals surface area contributed by atoms with Crippen LogP contribution in [-0.4, -0.2) is 10.7 Å². The van der Waals surface area contributed by atoms with Gasteiger partial charge in [0.05, 0.1) is 5.60 Å². The van der Waals surface area contributed by atoms with Gasteiger partial charge in [-0.15, -0.1) is 0 Å². The number of hydrogen-bond acceptors (Lipinski definition) is 1. The van der Waals surface area contributed by atoms with Crippen LogP contribution in [-0.2, 0) is 11.8 Å². The van der Waals surface area contributed by atoms with E-state index in [0.717, 1.165) is 0 Å². The van der Waals surface area contributed by atoms with Gasteiger partial charge in [-0.1, -0.05) is 57.2 Å². The molecular formula is C16H24O. The minimum atomic E-state index is -0.752. The zero-order chi connectivity index (χ0) is 13.1. The van der Waals surface area contributed by atoms with Crippen LogP contribution in [0.2, 0.25) is 0 Å². The van der Waals surface area contributed by atoms with Crippen molar-refractivity contribution >= 4 is 0 Å². The molecule has 1 nitrogen and oxygen atoms in total. The Morgan fingerprint density at radius 2 is 1.59 bits per heavy atom. The van der Waals surface area contributed by atoms with Gasteiger partial charge in [-0.05, 0) is 30.4 Å². The van der Waals surface area contributed by atoms with E-state index in [9.17, 15) is 5.11 Å². The van der Waals surface area contributed by atoms with Gasteiger partial charge in [-0.3, -0.25) is 0 Å². The molecule has 0 radical (unpaired) electrons. The summed E-state index contributed by atoms with van der Waals surface area (Å²) in [6.07, 6.45) is 4.38. The van der Waals surface area contributed by atoms with Crippen molar-refractivity contribution in [3.8, 4) is 0 Å². The molecule has 0 saturated carbocycles. The van der Waals surface area contributed by atoms with Gasteiger partial charge in [0, 0.05) is 6.42 Å². The monoisotopic (exact) mass is 232 g/mol. The fourth-order valence-electron chi connectivity index (χ4n) is 1.95. The highest BCUT2D eigenvalue weighted by Gasteiger charge is 2.17. The first-order chi connectivity index (χ1) is 7.74. The van der Waals surface area contributed by atoms with Crippen molar-refractivity contribution in [3.63, 3.8) is 0 Å². The first-order valence-corrected chi connectivity index (χ1v) is 6.20. The molecule has 0 heterocycles. The van der Waals surface area contributed by atoms with Gasteiger partial charge in [0.2, 0.25) is 0 Å². The molecule has 0 saturated heterocycles. The normalized spacial score (nSPS) is 16.1. The zero-order valence-corrected chi connectivity index (χ0v) is 11.6. The maximum atomic E-state index is 10.1.